The molecular formula is C14H24N2O2S. The van der Waals surface area contributed by atoms with Crippen molar-refractivity contribution in [1.29, 1.82) is 0 Å². The summed E-state index contributed by atoms with van der Waals surface area (Å²) in [4.78, 5) is 0.362. The molecule has 0 aromatic heterocycles. The fourth-order valence-corrected chi connectivity index (χ4v) is 3.27. The number of sulfonamides is 1. The van der Waals surface area contributed by atoms with E-state index in [-0.39, 0.29) is 0 Å². The Labute approximate surface area is 116 Å². The quantitative estimate of drug-likeness (QED) is 0.804. The fraction of sp³-hybridized carbons (Fsp3) is 0.571. The molecule has 0 aliphatic rings. The number of benzene rings is 1. The van der Waals surface area contributed by atoms with Crippen LogP contribution in [0.25, 0.3) is 0 Å². The zero-order valence-corrected chi connectivity index (χ0v) is 12.8. The van der Waals surface area contributed by atoms with Gasteiger partial charge in [-0.3, -0.25) is 0 Å². The van der Waals surface area contributed by atoms with Crippen LogP contribution in [0.15, 0.2) is 23.1 Å². The summed E-state index contributed by atoms with van der Waals surface area (Å²) in [5, 5.41) is 0. The molecule has 1 unspecified atom stereocenters. The van der Waals surface area contributed by atoms with Crippen molar-refractivity contribution in [2.24, 2.45) is 11.7 Å². The monoisotopic (exact) mass is 284 g/mol. The summed E-state index contributed by atoms with van der Waals surface area (Å²) in [5.74, 6) is 0.331. The van der Waals surface area contributed by atoms with Gasteiger partial charge in [-0.05, 0) is 29.5 Å². The van der Waals surface area contributed by atoms with Crippen LogP contribution in [0, 0.1) is 5.92 Å². The third-order valence-corrected chi connectivity index (χ3v) is 4.86. The summed E-state index contributed by atoms with van der Waals surface area (Å²) >= 11 is 0. The second-order valence-corrected chi connectivity index (χ2v) is 6.60. The molecule has 0 saturated heterocycles. The predicted molar refractivity (Wildman–Crippen MR) is 78.4 cm³/mol. The summed E-state index contributed by atoms with van der Waals surface area (Å²) in [7, 11) is -3.45. The van der Waals surface area contributed by atoms with Gasteiger partial charge >= 0.3 is 0 Å². The lowest BCUT2D eigenvalue weighted by atomic mass is 10.1. The minimum atomic E-state index is -3.45. The van der Waals surface area contributed by atoms with Crippen LogP contribution in [-0.2, 0) is 23.0 Å². The van der Waals surface area contributed by atoms with Crippen molar-refractivity contribution in [3.05, 3.63) is 29.3 Å². The maximum Gasteiger partial charge on any atom is 0.240 e. The topological polar surface area (TPSA) is 72.2 Å². The number of nitrogens with one attached hydrogen (secondary N) is 1. The molecule has 0 amide bonds. The van der Waals surface area contributed by atoms with Crippen molar-refractivity contribution >= 4 is 10.0 Å². The first kappa shape index (κ1) is 16.1. The Kier molecular flexibility index (Phi) is 5.97. The van der Waals surface area contributed by atoms with Gasteiger partial charge in [0.2, 0.25) is 10.0 Å². The average molecular weight is 284 g/mol. The molecule has 108 valence electrons. The molecule has 0 saturated carbocycles. The highest BCUT2D eigenvalue weighted by molar-refractivity contribution is 7.89. The maximum absolute atomic E-state index is 12.3. The molecule has 1 aromatic rings. The molecule has 0 radical (unpaired) electrons. The molecule has 1 rings (SSSR count). The van der Waals surface area contributed by atoms with E-state index in [0.29, 0.717) is 30.3 Å². The molecule has 0 aliphatic carbocycles. The van der Waals surface area contributed by atoms with Crippen LogP contribution in [-0.4, -0.2) is 15.0 Å². The molecule has 19 heavy (non-hydrogen) atoms. The summed E-state index contributed by atoms with van der Waals surface area (Å²) in [6.07, 6.45) is 1.64. The van der Waals surface area contributed by atoms with Gasteiger partial charge in [-0.1, -0.05) is 39.3 Å². The van der Waals surface area contributed by atoms with Crippen molar-refractivity contribution in [3.63, 3.8) is 0 Å². The standard InChI is InChI=1S/C14H24N2O2S/c1-4-11(3)10-16-19(17,18)14-8-12(9-15)6-7-13(14)5-2/h6-8,11,16H,4-5,9-10,15H2,1-3H3. The third-order valence-electron chi connectivity index (χ3n) is 3.36. The summed E-state index contributed by atoms with van der Waals surface area (Å²) in [6, 6.07) is 5.41. The van der Waals surface area contributed by atoms with E-state index >= 15 is 0 Å². The van der Waals surface area contributed by atoms with E-state index in [1.807, 2.05) is 32.9 Å². The number of hydrogen-bond acceptors (Lipinski definition) is 3. The van der Waals surface area contributed by atoms with E-state index in [2.05, 4.69) is 4.72 Å². The van der Waals surface area contributed by atoms with Crippen molar-refractivity contribution in [1.82, 2.24) is 4.72 Å². The highest BCUT2D eigenvalue weighted by Gasteiger charge is 2.18. The molecule has 5 heteroatoms. The van der Waals surface area contributed by atoms with E-state index in [4.69, 9.17) is 5.73 Å². The summed E-state index contributed by atoms with van der Waals surface area (Å²) in [5.41, 5.74) is 7.24. The van der Waals surface area contributed by atoms with Gasteiger partial charge in [0.25, 0.3) is 0 Å². The number of aryl methyl sites for hydroxylation is 1. The van der Waals surface area contributed by atoms with E-state index < -0.39 is 10.0 Å². The van der Waals surface area contributed by atoms with Crippen LogP contribution >= 0.6 is 0 Å². The first-order valence-electron chi connectivity index (χ1n) is 6.76. The first-order chi connectivity index (χ1) is 8.94. The van der Waals surface area contributed by atoms with Crippen LogP contribution in [0.4, 0.5) is 0 Å². The minimum Gasteiger partial charge on any atom is -0.326 e. The fourth-order valence-electron chi connectivity index (χ4n) is 1.74. The van der Waals surface area contributed by atoms with Gasteiger partial charge in [0, 0.05) is 13.1 Å². The van der Waals surface area contributed by atoms with E-state index in [1.54, 1.807) is 6.07 Å². The lowest BCUT2D eigenvalue weighted by molar-refractivity contribution is 0.528. The molecule has 1 aromatic carbocycles. The molecule has 3 N–H and O–H groups in total. The van der Waals surface area contributed by atoms with Gasteiger partial charge in [-0.25, -0.2) is 13.1 Å². The van der Waals surface area contributed by atoms with Gasteiger partial charge in [0.15, 0.2) is 0 Å². The normalized spacial score (nSPS) is 13.5. The number of hydrogen-bond donors (Lipinski definition) is 2. The number of nitrogens with two attached hydrogens (primary N) is 1. The van der Waals surface area contributed by atoms with Crippen molar-refractivity contribution in [2.75, 3.05) is 6.54 Å². The second-order valence-electron chi connectivity index (χ2n) is 4.87. The lowest BCUT2D eigenvalue weighted by Crippen LogP contribution is -2.29. The average Bonchev–Trinajstić information content (AvgIpc) is 2.43. The molecule has 0 bridgehead atoms. The van der Waals surface area contributed by atoms with Crippen LogP contribution in [0.3, 0.4) is 0 Å². The maximum atomic E-state index is 12.3. The molecule has 0 aliphatic heterocycles. The van der Waals surface area contributed by atoms with Gasteiger partial charge < -0.3 is 5.73 Å². The number of rotatable bonds is 7. The first-order valence-corrected chi connectivity index (χ1v) is 8.24. The van der Waals surface area contributed by atoms with E-state index in [9.17, 15) is 8.42 Å². The zero-order valence-electron chi connectivity index (χ0n) is 11.9. The Morgan fingerprint density at radius 3 is 2.53 bits per heavy atom. The molecular weight excluding hydrogens is 260 g/mol. The van der Waals surface area contributed by atoms with Crippen LogP contribution in [0.1, 0.15) is 38.3 Å². The van der Waals surface area contributed by atoms with Gasteiger partial charge in [-0.15, -0.1) is 0 Å². The predicted octanol–water partition coefficient (Wildman–Crippen LogP) is 2.03. The van der Waals surface area contributed by atoms with Crippen molar-refractivity contribution in [3.8, 4) is 0 Å². The van der Waals surface area contributed by atoms with Gasteiger partial charge in [0.1, 0.15) is 0 Å². The summed E-state index contributed by atoms with van der Waals surface area (Å²) in [6.45, 7) is 6.84. The Balaban J connectivity index is 3.05. The second kappa shape index (κ2) is 7.03. The molecule has 4 nitrogen and oxygen atoms in total. The SMILES string of the molecule is CCc1ccc(CN)cc1S(=O)(=O)NCC(C)CC. The Bertz CT molecular complexity index is 512. The van der Waals surface area contributed by atoms with Crippen LogP contribution < -0.4 is 10.5 Å². The molecule has 1 atom stereocenters. The smallest absolute Gasteiger partial charge is 0.240 e. The van der Waals surface area contributed by atoms with E-state index in [0.717, 1.165) is 17.5 Å². The van der Waals surface area contributed by atoms with Crippen molar-refractivity contribution in [2.45, 2.75) is 45.1 Å². The van der Waals surface area contributed by atoms with Gasteiger partial charge in [0.05, 0.1) is 4.90 Å². The van der Waals surface area contributed by atoms with Crippen LogP contribution in [0.2, 0.25) is 0 Å². The van der Waals surface area contributed by atoms with Gasteiger partial charge in [-0.2, -0.15) is 0 Å². The lowest BCUT2D eigenvalue weighted by Gasteiger charge is -2.14. The highest BCUT2D eigenvalue weighted by atomic mass is 32.2. The largest absolute Gasteiger partial charge is 0.326 e. The summed E-state index contributed by atoms with van der Waals surface area (Å²) < 4.78 is 27.4. The van der Waals surface area contributed by atoms with Crippen LogP contribution in [0.5, 0.6) is 0 Å². The minimum absolute atomic E-state index is 0.331. The molecule has 0 spiro atoms. The molecule has 0 heterocycles. The third kappa shape index (κ3) is 4.30. The Morgan fingerprint density at radius 1 is 1.32 bits per heavy atom. The van der Waals surface area contributed by atoms with Crippen molar-refractivity contribution < 1.29 is 8.42 Å². The highest BCUT2D eigenvalue weighted by Crippen LogP contribution is 2.18. The Morgan fingerprint density at radius 2 is 2.00 bits per heavy atom. The zero-order chi connectivity index (χ0) is 14.5. The van der Waals surface area contributed by atoms with E-state index in [1.165, 1.54) is 0 Å². The molecule has 0 fully saturated rings. The Hall–Kier alpha value is -0.910.